The van der Waals surface area contributed by atoms with E-state index in [9.17, 15) is 14.7 Å². The molecule has 43 heavy (non-hydrogen) atoms. The number of carboxylic acids is 1. The van der Waals surface area contributed by atoms with Crippen molar-refractivity contribution in [2.45, 2.75) is 45.6 Å². The van der Waals surface area contributed by atoms with Crippen LogP contribution in [0.25, 0.3) is 16.6 Å². The Morgan fingerprint density at radius 2 is 1.98 bits per heavy atom. The second-order valence-corrected chi connectivity index (χ2v) is 10.9. The Bertz CT molecular complexity index is 1710. The maximum absolute atomic E-state index is 11.8. The third-order valence-corrected chi connectivity index (χ3v) is 8.00. The average molecular weight is 583 g/mol. The van der Waals surface area contributed by atoms with Crippen LogP contribution < -0.4 is 9.47 Å². The van der Waals surface area contributed by atoms with Gasteiger partial charge < -0.3 is 23.9 Å². The molecule has 4 heterocycles. The molecule has 0 unspecified atom stereocenters. The van der Waals surface area contributed by atoms with E-state index < -0.39 is 5.97 Å². The highest BCUT2D eigenvalue weighted by Crippen LogP contribution is 2.27. The number of Topliss-reactive ketones (excluding diaryl/α,β-unsaturated/α-hetero) is 1. The molecule has 2 aromatic carbocycles. The maximum atomic E-state index is 11.8. The molecule has 1 saturated heterocycles. The van der Waals surface area contributed by atoms with E-state index in [1.807, 2.05) is 30.3 Å². The van der Waals surface area contributed by atoms with Gasteiger partial charge in [-0.05, 0) is 67.3 Å². The molecule has 0 aliphatic carbocycles. The number of rotatable bonds is 11. The van der Waals surface area contributed by atoms with E-state index in [0.29, 0.717) is 36.9 Å². The van der Waals surface area contributed by atoms with Crippen molar-refractivity contribution in [3.8, 4) is 11.6 Å². The molecule has 4 aromatic rings. The lowest BCUT2D eigenvalue weighted by molar-refractivity contribution is -0.0591. The number of carboxylic acid groups (broad SMARTS) is 1. The van der Waals surface area contributed by atoms with Gasteiger partial charge in [0.05, 0.1) is 54.2 Å². The number of carbonyl (C=O) groups is 2. The summed E-state index contributed by atoms with van der Waals surface area (Å²) in [4.78, 5) is 35.4. The number of aromatic nitrogens is 3. The SMILES string of the molecule is COc1cc(COc2cccc(C3=CCN(Cc4nc5ccc(C(=O)O)cc5n4C[C@@H]4CCO4)CC3)n2)ccc1C(C)=O. The van der Waals surface area contributed by atoms with Crippen molar-refractivity contribution in [2.75, 3.05) is 26.8 Å². The normalized spacial score (nSPS) is 16.9. The number of ketones is 1. The Morgan fingerprint density at radius 3 is 2.67 bits per heavy atom. The Kier molecular flexibility index (Phi) is 8.22. The van der Waals surface area contributed by atoms with E-state index in [0.717, 1.165) is 66.2 Å². The Hall–Kier alpha value is -4.54. The molecule has 1 atom stereocenters. The molecule has 0 saturated carbocycles. The first-order valence-electron chi connectivity index (χ1n) is 14.4. The predicted molar refractivity (Wildman–Crippen MR) is 160 cm³/mol. The first-order chi connectivity index (χ1) is 20.9. The van der Waals surface area contributed by atoms with Gasteiger partial charge in [-0.3, -0.25) is 9.69 Å². The first-order valence-corrected chi connectivity index (χ1v) is 14.4. The summed E-state index contributed by atoms with van der Waals surface area (Å²) in [6.07, 6.45) is 4.14. The van der Waals surface area contributed by atoms with Crippen LogP contribution in [0.2, 0.25) is 0 Å². The molecule has 10 heteroatoms. The highest BCUT2D eigenvalue weighted by molar-refractivity contribution is 5.97. The fourth-order valence-corrected chi connectivity index (χ4v) is 5.50. The zero-order valence-electron chi connectivity index (χ0n) is 24.3. The second kappa shape index (κ2) is 12.4. The van der Waals surface area contributed by atoms with Gasteiger partial charge in [0.15, 0.2) is 5.78 Å². The van der Waals surface area contributed by atoms with Crippen molar-refractivity contribution in [3.05, 3.63) is 88.9 Å². The molecule has 2 aliphatic rings. The van der Waals surface area contributed by atoms with Crippen molar-refractivity contribution >= 4 is 28.4 Å². The fourth-order valence-electron chi connectivity index (χ4n) is 5.50. The van der Waals surface area contributed by atoms with Crippen LogP contribution in [0.5, 0.6) is 11.6 Å². The Balaban J connectivity index is 1.13. The zero-order chi connectivity index (χ0) is 29.9. The number of hydrogen-bond donors (Lipinski definition) is 1. The number of pyridine rings is 1. The number of imidazole rings is 1. The lowest BCUT2D eigenvalue weighted by Gasteiger charge is -2.29. The zero-order valence-corrected chi connectivity index (χ0v) is 24.3. The van der Waals surface area contributed by atoms with Crippen LogP contribution in [0.4, 0.5) is 0 Å². The van der Waals surface area contributed by atoms with Gasteiger partial charge in [0.1, 0.15) is 18.2 Å². The molecule has 6 rings (SSSR count). The van der Waals surface area contributed by atoms with Gasteiger partial charge in [-0.1, -0.05) is 18.2 Å². The fraction of sp³-hybridized carbons (Fsp3) is 0.333. The summed E-state index contributed by atoms with van der Waals surface area (Å²) in [6, 6.07) is 16.3. The molecular formula is C33H34N4O6. The van der Waals surface area contributed by atoms with Gasteiger partial charge in [0.2, 0.25) is 5.88 Å². The summed E-state index contributed by atoms with van der Waals surface area (Å²) in [6.45, 7) is 5.47. The summed E-state index contributed by atoms with van der Waals surface area (Å²) in [5.41, 5.74) is 5.35. The second-order valence-electron chi connectivity index (χ2n) is 10.9. The smallest absolute Gasteiger partial charge is 0.335 e. The minimum Gasteiger partial charge on any atom is -0.496 e. The van der Waals surface area contributed by atoms with Gasteiger partial charge >= 0.3 is 5.97 Å². The van der Waals surface area contributed by atoms with Crippen LogP contribution in [0, 0.1) is 0 Å². The number of benzene rings is 2. The van der Waals surface area contributed by atoms with E-state index in [2.05, 4.69) is 15.5 Å². The lowest BCUT2D eigenvalue weighted by atomic mass is 10.0. The summed E-state index contributed by atoms with van der Waals surface area (Å²) in [5.74, 6) is 0.976. The molecule has 1 N–H and O–H groups in total. The molecule has 2 aromatic heterocycles. The van der Waals surface area contributed by atoms with Gasteiger partial charge in [0, 0.05) is 25.8 Å². The monoisotopic (exact) mass is 582 g/mol. The summed E-state index contributed by atoms with van der Waals surface area (Å²) in [5, 5.41) is 9.51. The van der Waals surface area contributed by atoms with Gasteiger partial charge in [0.25, 0.3) is 0 Å². The predicted octanol–water partition coefficient (Wildman–Crippen LogP) is 5.00. The number of carbonyl (C=O) groups excluding carboxylic acids is 1. The molecular weight excluding hydrogens is 548 g/mol. The molecule has 222 valence electrons. The summed E-state index contributed by atoms with van der Waals surface area (Å²) < 4.78 is 19.2. The molecule has 0 spiro atoms. The van der Waals surface area contributed by atoms with Gasteiger partial charge in [-0.2, -0.15) is 0 Å². The third kappa shape index (κ3) is 6.30. The molecule has 0 radical (unpaired) electrons. The topological polar surface area (TPSA) is 116 Å². The van der Waals surface area contributed by atoms with Crippen LogP contribution in [-0.2, 0) is 24.4 Å². The quantitative estimate of drug-likeness (QED) is 0.244. The number of fused-ring (bicyclic) bond motifs is 1. The highest BCUT2D eigenvalue weighted by Gasteiger charge is 2.24. The Morgan fingerprint density at radius 1 is 1.12 bits per heavy atom. The van der Waals surface area contributed by atoms with Crippen molar-refractivity contribution in [1.82, 2.24) is 19.4 Å². The van der Waals surface area contributed by atoms with Crippen molar-refractivity contribution in [1.29, 1.82) is 0 Å². The number of nitrogens with zero attached hydrogens (tertiary/aromatic N) is 4. The van der Waals surface area contributed by atoms with Crippen LogP contribution in [0.15, 0.2) is 60.7 Å². The van der Waals surface area contributed by atoms with E-state index in [4.69, 9.17) is 24.2 Å². The van der Waals surface area contributed by atoms with E-state index >= 15 is 0 Å². The minimum absolute atomic E-state index is 0.0470. The van der Waals surface area contributed by atoms with Crippen LogP contribution in [0.1, 0.15) is 57.6 Å². The molecule has 0 bridgehead atoms. The summed E-state index contributed by atoms with van der Waals surface area (Å²) in [7, 11) is 1.55. The standard InChI is InChI=1S/C33H34N4O6/c1-21(38)26-8-6-22(16-30(26)41-2)20-43-32-5-3-4-27(35-32)23-10-13-36(14-11-23)19-31-34-28-9-7-24(33(39)40)17-29(28)37(31)18-25-12-15-42-25/h3-10,16-17,25H,11-15,18-20H2,1-2H3,(H,39,40)/t25-/m0/s1. The van der Waals surface area contributed by atoms with E-state index in [1.165, 1.54) is 6.92 Å². The highest BCUT2D eigenvalue weighted by atomic mass is 16.5. The van der Waals surface area contributed by atoms with Crippen LogP contribution in [-0.4, -0.2) is 69.2 Å². The number of ether oxygens (including phenoxy) is 3. The molecule has 2 aliphatic heterocycles. The first kappa shape index (κ1) is 28.6. The minimum atomic E-state index is -0.948. The van der Waals surface area contributed by atoms with Gasteiger partial charge in [-0.15, -0.1) is 0 Å². The van der Waals surface area contributed by atoms with Crippen molar-refractivity contribution in [3.63, 3.8) is 0 Å². The molecule has 1 fully saturated rings. The van der Waals surface area contributed by atoms with Crippen molar-refractivity contribution < 1.29 is 28.9 Å². The molecule has 0 amide bonds. The number of methoxy groups -OCH3 is 1. The van der Waals surface area contributed by atoms with Crippen molar-refractivity contribution in [2.24, 2.45) is 0 Å². The number of hydrogen-bond acceptors (Lipinski definition) is 8. The van der Waals surface area contributed by atoms with E-state index in [1.54, 1.807) is 31.4 Å². The van der Waals surface area contributed by atoms with Gasteiger partial charge in [-0.25, -0.2) is 14.8 Å². The van der Waals surface area contributed by atoms with Crippen LogP contribution in [0.3, 0.4) is 0 Å². The maximum Gasteiger partial charge on any atom is 0.335 e. The Labute approximate surface area is 249 Å². The van der Waals surface area contributed by atoms with Crippen LogP contribution >= 0.6 is 0 Å². The van der Waals surface area contributed by atoms with E-state index in [-0.39, 0.29) is 17.5 Å². The largest absolute Gasteiger partial charge is 0.496 e. The molecule has 10 nitrogen and oxygen atoms in total. The third-order valence-electron chi connectivity index (χ3n) is 8.00. The average Bonchev–Trinajstić information content (AvgIpc) is 3.33. The number of aromatic carboxylic acids is 1. The summed E-state index contributed by atoms with van der Waals surface area (Å²) >= 11 is 0. The lowest BCUT2D eigenvalue weighted by Crippen LogP contribution is -2.33.